The van der Waals surface area contributed by atoms with Gasteiger partial charge in [0.05, 0.1) is 0 Å². The summed E-state index contributed by atoms with van der Waals surface area (Å²) >= 11 is 2.43. The molecule has 0 radical (unpaired) electrons. The first-order valence-electron chi connectivity index (χ1n) is 5.99. The van der Waals surface area contributed by atoms with Crippen LogP contribution in [0.5, 0.6) is 0 Å². The topological polar surface area (TPSA) is 118 Å². The zero-order chi connectivity index (χ0) is 15.2. The molecule has 1 aromatic heterocycles. The van der Waals surface area contributed by atoms with Crippen molar-refractivity contribution in [1.29, 1.82) is 0 Å². The molecule has 1 unspecified atom stereocenters. The van der Waals surface area contributed by atoms with Crippen molar-refractivity contribution in [2.45, 2.75) is 10.5 Å². The minimum absolute atomic E-state index is 0.0445. The highest BCUT2D eigenvalue weighted by molar-refractivity contribution is 8.01. The summed E-state index contributed by atoms with van der Waals surface area (Å²) in [4.78, 5) is 35.9. The number of rotatable bonds is 4. The van der Waals surface area contributed by atoms with Gasteiger partial charge in [0.25, 0.3) is 11.7 Å². The van der Waals surface area contributed by atoms with Crippen LogP contribution in [0.2, 0.25) is 0 Å². The quantitative estimate of drug-likeness (QED) is 0.415. The molecular formula is C10H11N5O4S2. The van der Waals surface area contributed by atoms with E-state index >= 15 is 0 Å². The lowest BCUT2D eigenvalue weighted by Gasteiger charge is -2.48. The van der Waals surface area contributed by atoms with Crippen molar-refractivity contribution in [2.24, 2.45) is 12.5 Å². The maximum absolute atomic E-state index is 11.7. The predicted octanol–water partition coefficient (Wildman–Crippen LogP) is -1.14. The Kier molecular flexibility index (Phi) is 3.40. The Balaban J connectivity index is 1.75. The van der Waals surface area contributed by atoms with Gasteiger partial charge in [0, 0.05) is 25.1 Å². The van der Waals surface area contributed by atoms with Gasteiger partial charge < -0.3 is 10.0 Å². The van der Waals surface area contributed by atoms with Crippen LogP contribution in [-0.2, 0) is 21.4 Å². The van der Waals surface area contributed by atoms with E-state index in [0.29, 0.717) is 5.16 Å². The number of carboxylic acids is 1. The summed E-state index contributed by atoms with van der Waals surface area (Å²) < 4.78 is 1.46. The van der Waals surface area contributed by atoms with Crippen LogP contribution in [-0.4, -0.2) is 71.3 Å². The average Bonchev–Trinajstić information content (AvgIpc) is 2.89. The molecule has 0 aromatic carbocycles. The van der Waals surface area contributed by atoms with E-state index in [0.717, 1.165) is 0 Å². The van der Waals surface area contributed by atoms with Gasteiger partial charge in [-0.3, -0.25) is 14.4 Å². The number of thioether (sulfide) groups is 2. The average molecular weight is 329 g/mol. The second-order valence-corrected chi connectivity index (χ2v) is 6.93. The number of carboxylic acid groups (broad SMARTS) is 1. The molecule has 3 rings (SSSR count). The highest BCUT2D eigenvalue weighted by Gasteiger charge is 2.56. The van der Waals surface area contributed by atoms with Crippen LogP contribution in [0, 0.1) is 5.41 Å². The van der Waals surface area contributed by atoms with Gasteiger partial charge in [0.2, 0.25) is 5.16 Å². The molecular weight excluding hydrogens is 318 g/mol. The third-order valence-corrected chi connectivity index (χ3v) is 6.29. The fourth-order valence-electron chi connectivity index (χ4n) is 2.18. The van der Waals surface area contributed by atoms with Crippen LogP contribution >= 0.6 is 23.5 Å². The van der Waals surface area contributed by atoms with Crippen molar-refractivity contribution in [3.63, 3.8) is 0 Å². The fourth-order valence-corrected chi connectivity index (χ4v) is 4.75. The Labute approximate surface area is 127 Å². The van der Waals surface area contributed by atoms with Crippen LogP contribution in [0.3, 0.4) is 0 Å². The minimum Gasteiger partial charge on any atom is -0.481 e. The number of aryl methyl sites for hydroxylation is 1. The van der Waals surface area contributed by atoms with Gasteiger partial charge in [0.15, 0.2) is 0 Å². The van der Waals surface area contributed by atoms with E-state index in [1.165, 1.54) is 33.1 Å². The second-order valence-electron chi connectivity index (χ2n) is 4.92. The zero-order valence-electron chi connectivity index (χ0n) is 10.9. The summed E-state index contributed by atoms with van der Waals surface area (Å²) in [6, 6.07) is 0. The number of aromatic nitrogens is 4. The van der Waals surface area contributed by atoms with E-state index < -0.39 is 28.4 Å². The lowest BCUT2D eigenvalue weighted by molar-refractivity contribution is -0.162. The molecule has 0 aliphatic carbocycles. The molecule has 2 atom stereocenters. The highest BCUT2D eigenvalue weighted by Crippen LogP contribution is 2.42. The summed E-state index contributed by atoms with van der Waals surface area (Å²) in [6.45, 7) is 0.0445. The third-order valence-electron chi connectivity index (χ3n) is 3.48. The number of fused-ring (bicyclic) bond motifs is 1. The highest BCUT2D eigenvalue weighted by atomic mass is 32.2. The van der Waals surface area contributed by atoms with E-state index in [1.54, 1.807) is 7.05 Å². The number of carbonyl (C=O) groups excluding carboxylic acids is 2. The van der Waals surface area contributed by atoms with Crippen LogP contribution in [0.15, 0.2) is 5.16 Å². The lowest BCUT2D eigenvalue weighted by Crippen LogP contribution is -2.67. The van der Waals surface area contributed by atoms with Crippen molar-refractivity contribution in [1.82, 2.24) is 25.1 Å². The van der Waals surface area contributed by atoms with Crippen LogP contribution < -0.4 is 0 Å². The third kappa shape index (κ3) is 2.20. The predicted molar refractivity (Wildman–Crippen MR) is 72.6 cm³/mol. The Hall–Kier alpha value is -1.62. The molecule has 21 heavy (non-hydrogen) atoms. The van der Waals surface area contributed by atoms with Crippen LogP contribution in [0.1, 0.15) is 0 Å². The summed E-state index contributed by atoms with van der Waals surface area (Å²) in [7, 11) is 1.67. The lowest BCUT2D eigenvalue weighted by atomic mass is 9.90. The standard InChI is InChI=1S/C10H11N5O4S2/c1-14-9(11-12-13-14)21-4-10(8(18)19)2-15-6(17)5(16)7(15)20-3-10/h7H,2-4H2,1H3,(H,18,19)/t7-,10?/m1/s1. The molecule has 1 amide bonds. The van der Waals surface area contributed by atoms with E-state index in [-0.39, 0.29) is 18.1 Å². The minimum atomic E-state index is -1.10. The van der Waals surface area contributed by atoms with Crippen molar-refractivity contribution in [2.75, 3.05) is 18.1 Å². The Morgan fingerprint density at radius 3 is 2.95 bits per heavy atom. The van der Waals surface area contributed by atoms with Crippen molar-refractivity contribution >= 4 is 41.2 Å². The number of ketones is 1. The van der Waals surface area contributed by atoms with Crippen LogP contribution in [0.4, 0.5) is 0 Å². The van der Waals surface area contributed by atoms with Gasteiger partial charge in [-0.15, -0.1) is 16.9 Å². The van der Waals surface area contributed by atoms with Crippen LogP contribution in [0.25, 0.3) is 0 Å². The first kappa shape index (κ1) is 14.3. The molecule has 2 aliphatic heterocycles. The molecule has 112 valence electrons. The van der Waals surface area contributed by atoms with E-state index in [1.807, 2.05) is 0 Å². The number of hydrogen-bond acceptors (Lipinski definition) is 8. The summed E-state index contributed by atoms with van der Waals surface area (Å²) in [5, 5.41) is 20.5. The van der Waals surface area contributed by atoms with Gasteiger partial charge in [-0.25, -0.2) is 4.68 Å². The fraction of sp³-hybridized carbons (Fsp3) is 0.600. The summed E-state index contributed by atoms with van der Waals surface area (Å²) in [6.07, 6.45) is 0. The number of tetrazole rings is 1. The smallest absolute Gasteiger partial charge is 0.313 e. The molecule has 1 N–H and O–H groups in total. The Morgan fingerprint density at radius 2 is 2.33 bits per heavy atom. The maximum Gasteiger partial charge on any atom is 0.313 e. The molecule has 11 heteroatoms. The normalized spacial score (nSPS) is 28.2. The first-order chi connectivity index (χ1) is 9.94. The SMILES string of the molecule is Cn1nnnc1SCC1(C(=O)O)CS[C@@H]2C(=O)C(=O)N2C1. The first-order valence-corrected chi connectivity index (χ1v) is 8.03. The van der Waals surface area contributed by atoms with E-state index in [4.69, 9.17) is 0 Å². The second kappa shape index (κ2) is 4.98. The van der Waals surface area contributed by atoms with Gasteiger partial charge >= 0.3 is 5.97 Å². The van der Waals surface area contributed by atoms with Crippen molar-refractivity contribution in [3.05, 3.63) is 0 Å². The molecule has 2 fully saturated rings. The largest absolute Gasteiger partial charge is 0.481 e. The Bertz CT molecular complexity index is 635. The summed E-state index contributed by atoms with van der Waals surface area (Å²) in [5.74, 6) is -1.51. The number of hydrogen-bond donors (Lipinski definition) is 1. The number of amides is 1. The molecule has 2 saturated heterocycles. The molecule has 3 heterocycles. The zero-order valence-corrected chi connectivity index (χ0v) is 12.6. The van der Waals surface area contributed by atoms with Crippen molar-refractivity contribution in [3.8, 4) is 0 Å². The molecule has 0 spiro atoms. The molecule has 0 saturated carbocycles. The molecule has 9 nitrogen and oxygen atoms in total. The van der Waals surface area contributed by atoms with Gasteiger partial charge in [-0.05, 0) is 10.4 Å². The Morgan fingerprint density at radius 1 is 1.57 bits per heavy atom. The van der Waals surface area contributed by atoms with E-state index in [2.05, 4.69) is 15.5 Å². The number of carbonyl (C=O) groups is 3. The van der Waals surface area contributed by atoms with Gasteiger partial charge in [0.1, 0.15) is 10.8 Å². The maximum atomic E-state index is 11.7. The number of Topliss-reactive ketones (excluding diaryl/α,β-unsaturated/α-hetero) is 1. The van der Waals surface area contributed by atoms with Gasteiger partial charge in [-0.1, -0.05) is 11.8 Å². The summed E-state index contributed by atoms with van der Waals surface area (Å²) in [5.41, 5.74) is -1.10. The number of β-lactam (4-membered cyclic amide) rings is 1. The van der Waals surface area contributed by atoms with E-state index in [9.17, 15) is 19.5 Å². The van der Waals surface area contributed by atoms with Gasteiger partial charge in [-0.2, -0.15) is 0 Å². The monoisotopic (exact) mass is 329 g/mol. The number of aliphatic carboxylic acids is 1. The molecule has 1 aromatic rings. The van der Waals surface area contributed by atoms with Crippen molar-refractivity contribution < 1.29 is 19.5 Å². The number of nitrogens with zero attached hydrogens (tertiary/aromatic N) is 5. The molecule has 0 bridgehead atoms. The molecule has 2 aliphatic rings.